The molecule has 23 heavy (non-hydrogen) atoms. The van der Waals surface area contributed by atoms with Crippen LogP contribution in [0.3, 0.4) is 0 Å². The average Bonchev–Trinajstić information content (AvgIpc) is 2.83. The Labute approximate surface area is 138 Å². The number of thiocarbonyl (C=S) groups is 1. The number of ether oxygens (including phenoxy) is 1. The monoisotopic (exact) mass is 328 g/mol. The first-order valence-electron chi connectivity index (χ1n) is 6.86. The van der Waals surface area contributed by atoms with Gasteiger partial charge in [-0.05, 0) is 48.6 Å². The maximum Gasteiger partial charge on any atom is 0.281 e. The smallest absolute Gasteiger partial charge is 0.281 e. The number of hydrogen-bond donors (Lipinski definition) is 1. The lowest BCUT2D eigenvalue weighted by Crippen LogP contribution is -2.30. The highest BCUT2D eigenvalue weighted by molar-refractivity contribution is 7.80. The average molecular weight is 328 g/mol. The number of methoxy groups -OCH3 is 1. The van der Waals surface area contributed by atoms with Crippen molar-refractivity contribution in [2.45, 2.75) is 0 Å². The van der Waals surface area contributed by atoms with Crippen LogP contribution in [0, 0.1) is 5.82 Å². The summed E-state index contributed by atoms with van der Waals surface area (Å²) in [7, 11) is 1.57. The van der Waals surface area contributed by atoms with Crippen LogP contribution in [0.5, 0.6) is 5.75 Å². The maximum absolute atomic E-state index is 13.0. The maximum atomic E-state index is 13.0. The van der Waals surface area contributed by atoms with E-state index in [1.54, 1.807) is 13.2 Å². The van der Waals surface area contributed by atoms with Gasteiger partial charge >= 0.3 is 0 Å². The van der Waals surface area contributed by atoms with Crippen molar-refractivity contribution in [1.29, 1.82) is 0 Å². The van der Waals surface area contributed by atoms with E-state index in [1.807, 2.05) is 24.3 Å². The van der Waals surface area contributed by atoms with Crippen molar-refractivity contribution in [3.05, 3.63) is 65.6 Å². The van der Waals surface area contributed by atoms with Crippen molar-refractivity contribution in [2.75, 3.05) is 12.0 Å². The van der Waals surface area contributed by atoms with Crippen LogP contribution in [0.1, 0.15) is 5.56 Å². The first-order valence-corrected chi connectivity index (χ1v) is 7.26. The zero-order chi connectivity index (χ0) is 16.4. The predicted octanol–water partition coefficient (Wildman–Crippen LogP) is 3.10. The normalized spacial score (nSPS) is 15.9. The van der Waals surface area contributed by atoms with Gasteiger partial charge in [-0.2, -0.15) is 0 Å². The van der Waals surface area contributed by atoms with Gasteiger partial charge in [0.2, 0.25) is 0 Å². The van der Waals surface area contributed by atoms with Crippen molar-refractivity contribution >= 4 is 35.0 Å². The van der Waals surface area contributed by atoms with Crippen molar-refractivity contribution in [3.63, 3.8) is 0 Å². The second-order valence-corrected chi connectivity index (χ2v) is 5.23. The molecule has 0 aliphatic carbocycles. The Hall–Kier alpha value is -2.73. The highest BCUT2D eigenvalue weighted by Gasteiger charge is 2.32. The second kappa shape index (κ2) is 6.18. The van der Waals surface area contributed by atoms with E-state index >= 15 is 0 Å². The molecule has 6 heteroatoms. The quantitative estimate of drug-likeness (QED) is 0.694. The summed E-state index contributed by atoms with van der Waals surface area (Å²) in [4.78, 5) is 13.9. The van der Waals surface area contributed by atoms with Gasteiger partial charge in [0.1, 0.15) is 17.3 Å². The minimum Gasteiger partial charge on any atom is -0.496 e. The number of hydrogen-bond acceptors (Lipinski definition) is 3. The Morgan fingerprint density at radius 1 is 1.17 bits per heavy atom. The summed E-state index contributed by atoms with van der Waals surface area (Å²) in [5, 5.41) is 3.14. The van der Waals surface area contributed by atoms with Crippen molar-refractivity contribution < 1.29 is 13.9 Å². The van der Waals surface area contributed by atoms with Crippen LogP contribution in [0.4, 0.5) is 10.1 Å². The molecule has 1 heterocycles. The third-order valence-electron chi connectivity index (χ3n) is 3.40. The Balaban J connectivity index is 1.95. The molecule has 0 bridgehead atoms. The molecule has 1 fully saturated rings. The van der Waals surface area contributed by atoms with Crippen LogP contribution in [0.25, 0.3) is 6.08 Å². The zero-order valence-corrected chi connectivity index (χ0v) is 13.1. The Morgan fingerprint density at radius 2 is 1.87 bits per heavy atom. The van der Waals surface area contributed by atoms with Gasteiger partial charge in [0.05, 0.1) is 12.8 Å². The van der Waals surface area contributed by atoms with E-state index in [4.69, 9.17) is 17.0 Å². The minimum absolute atomic E-state index is 0.253. The summed E-state index contributed by atoms with van der Waals surface area (Å²) in [6.45, 7) is 0. The Bertz CT molecular complexity index is 802. The summed E-state index contributed by atoms with van der Waals surface area (Å²) in [6.07, 6.45) is 1.68. The highest BCUT2D eigenvalue weighted by atomic mass is 32.1. The molecule has 0 radical (unpaired) electrons. The topological polar surface area (TPSA) is 41.6 Å². The number of nitrogens with zero attached hydrogens (tertiary/aromatic N) is 1. The van der Waals surface area contributed by atoms with E-state index in [-0.39, 0.29) is 16.8 Å². The summed E-state index contributed by atoms with van der Waals surface area (Å²) < 4.78 is 18.3. The molecule has 0 unspecified atom stereocenters. The largest absolute Gasteiger partial charge is 0.496 e. The first-order chi connectivity index (χ1) is 11.1. The molecular formula is C17H13FN2O2S. The van der Waals surface area contributed by atoms with Crippen LogP contribution in [0.15, 0.2) is 54.2 Å². The molecule has 1 amide bonds. The van der Waals surface area contributed by atoms with E-state index in [0.29, 0.717) is 17.1 Å². The van der Waals surface area contributed by atoms with E-state index in [2.05, 4.69) is 5.32 Å². The van der Waals surface area contributed by atoms with Crippen LogP contribution in [-0.4, -0.2) is 18.1 Å². The van der Waals surface area contributed by atoms with Gasteiger partial charge in [0, 0.05) is 5.56 Å². The van der Waals surface area contributed by atoms with Gasteiger partial charge in [0.15, 0.2) is 5.11 Å². The molecule has 0 atom stereocenters. The zero-order valence-electron chi connectivity index (χ0n) is 12.2. The molecule has 2 aromatic carbocycles. The molecule has 4 nitrogen and oxygen atoms in total. The van der Waals surface area contributed by atoms with Gasteiger partial charge in [0.25, 0.3) is 5.91 Å². The molecule has 0 aromatic heterocycles. The third kappa shape index (κ3) is 2.93. The fourth-order valence-electron chi connectivity index (χ4n) is 2.30. The number of amides is 1. The molecule has 0 saturated carbocycles. The van der Waals surface area contributed by atoms with Gasteiger partial charge in [-0.1, -0.05) is 18.2 Å². The predicted molar refractivity (Wildman–Crippen MR) is 90.6 cm³/mol. The van der Waals surface area contributed by atoms with Gasteiger partial charge < -0.3 is 10.1 Å². The lowest BCUT2D eigenvalue weighted by molar-refractivity contribution is -0.113. The molecule has 0 spiro atoms. The molecular weight excluding hydrogens is 315 g/mol. The molecule has 2 aromatic rings. The number of halogens is 1. The standard InChI is InChI=1S/C17H13FN2O2S/c1-22-15-5-3-2-4-11(15)10-14-16(21)20(17(23)19-14)13-8-6-12(18)7-9-13/h2-10H,1H3,(H,19,23)/b14-10+. The van der Waals surface area contributed by atoms with Gasteiger partial charge in [-0.25, -0.2) is 4.39 Å². The van der Waals surface area contributed by atoms with E-state index in [9.17, 15) is 9.18 Å². The molecule has 3 rings (SSSR count). The number of anilines is 1. The number of para-hydroxylation sites is 1. The summed E-state index contributed by atoms with van der Waals surface area (Å²) in [5.74, 6) is -0.0164. The van der Waals surface area contributed by atoms with Crippen molar-refractivity contribution in [3.8, 4) is 5.75 Å². The molecule has 1 aliphatic heterocycles. The SMILES string of the molecule is COc1ccccc1/C=C1/NC(=S)N(c2ccc(F)cc2)C1=O. The molecule has 1 N–H and O–H groups in total. The van der Waals surface area contributed by atoms with Crippen molar-refractivity contribution in [1.82, 2.24) is 5.32 Å². The summed E-state index contributed by atoms with van der Waals surface area (Å²) >= 11 is 5.22. The third-order valence-corrected chi connectivity index (χ3v) is 3.69. The number of carbonyl (C=O) groups excluding carboxylic acids is 1. The fourth-order valence-corrected chi connectivity index (χ4v) is 2.60. The number of carbonyl (C=O) groups is 1. The highest BCUT2D eigenvalue weighted by Crippen LogP contribution is 2.25. The van der Waals surface area contributed by atoms with E-state index in [1.165, 1.54) is 29.2 Å². The van der Waals surface area contributed by atoms with Crippen LogP contribution in [0.2, 0.25) is 0 Å². The molecule has 116 valence electrons. The molecule has 1 aliphatic rings. The lowest BCUT2D eigenvalue weighted by atomic mass is 10.1. The van der Waals surface area contributed by atoms with Crippen LogP contribution < -0.4 is 15.0 Å². The minimum atomic E-state index is -0.371. The first kappa shape index (κ1) is 15.2. The Morgan fingerprint density at radius 3 is 2.57 bits per heavy atom. The fraction of sp³-hybridized carbons (Fsp3) is 0.0588. The van der Waals surface area contributed by atoms with Crippen LogP contribution >= 0.6 is 12.2 Å². The van der Waals surface area contributed by atoms with E-state index < -0.39 is 0 Å². The van der Waals surface area contributed by atoms with E-state index in [0.717, 1.165) is 5.56 Å². The van der Waals surface area contributed by atoms with Gasteiger partial charge in [-0.3, -0.25) is 9.69 Å². The number of nitrogens with one attached hydrogen (secondary N) is 1. The second-order valence-electron chi connectivity index (χ2n) is 4.85. The number of benzene rings is 2. The van der Waals surface area contributed by atoms with Crippen LogP contribution in [-0.2, 0) is 4.79 Å². The van der Waals surface area contributed by atoms with Crippen molar-refractivity contribution in [2.24, 2.45) is 0 Å². The lowest BCUT2D eigenvalue weighted by Gasteiger charge is -2.13. The summed E-state index contributed by atoms with van der Waals surface area (Å²) in [5.41, 5.74) is 1.61. The summed E-state index contributed by atoms with van der Waals surface area (Å²) in [6, 6.07) is 12.9. The van der Waals surface area contributed by atoms with Gasteiger partial charge in [-0.15, -0.1) is 0 Å². The number of rotatable bonds is 3. The molecule has 1 saturated heterocycles. The Kier molecular flexibility index (Phi) is 4.08.